The first kappa shape index (κ1) is 17.2. The molecule has 1 N–H and O–H groups in total. The molecule has 2 rings (SSSR count). The molecule has 0 aromatic carbocycles. The number of hydrogen-bond donors (Lipinski definition) is 1. The molecule has 2 unspecified atom stereocenters. The summed E-state index contributed by atoms with van der Waals surface area (Å²) in [5.41, 5.74) is 0. The summed E-state index contributed by atoms with van der Waals surface area (Å²) in [7, 11) is -3.14. The maximum Gasteiger partial charge on any atom is 0.216 e. The van der Waals surface area contributed by atoms with Crippen LogP contribution in [0.5, 0.6) is 0 Å². The average Bonchev–Trinajstić information content (AvgIpc) is 2.97. The molecule has 2 saturated heterocycles. The Morgan fingerprint density at radius 2 is 2.00 bits per heavy atom. The van der Waals surface area contributed by atoms with E-state index in [0.29, 0.717) is 31.7 Å². The third-order valence-electron chi connectivity index (χ3n) is 4.74. The lowest BCUT2D eigenvalue weighted by Crippen LogP contribution is -2.45. The normalized spacial score (nSPS) is 27.0. The Bertz CT molecular complexity index is 399. The van der Waals surface area contributed by atoms with Gasteiger partial charge in [-0.15, -0.1) is 0 Å². The quantitative estimate of drug-likeness (QED) is 0.774. The second kappa shape index (κ2) is 7.90. The fraction of sp³-hybridized carbons (Fsp3) is 1.00. The summed E-state index contributed by atoms with van der Waals surface area (Å²) < 4.78 is 32.0. The fourth-order valence-electron chi connectivity index (χ4n) is 3.31. The van der Waals surface area contributed by atoms with E-state index in [9.17, 15) is 8.42 Å². The number of hydrogen-bond acceptors (Lipinski definition) is 4. The van der Waals surface area contributed by atoms with E-state index in [2.05, 4.69) is 19.2 Å². The molecule has 0 aromatic rings. The smallest absolute Gasteiger partial charge is 0.216 e. The molecule has 2 aliphatic rings. The molecule has 124 valence electrons. The highest BCUT2D eigenvalue weighted by atomic mass is 32.2. The first-order valence-corrected chi connectivity index (χ1v) is 9.96. The summed E-state index contributed by atoms with van der Waals surface area (Å²) in [6, 6.07) is 0.480. The predicted molar refractivity (Wildman–Crippen MR) is 84.8 cm³/mol. The first-order chi connectivity index (χ1) is 10.0. The Labute approximate surface area is 129 Å². The number of ether oxygens (including phenoxy) is 1. The molecule has 0 radical (unpaired) electrons. The minimum Gasteiger partial charge on any atom is -0.377 e. The van der Waals surface area contributed by atoms with E-state index in [4.69, 9.17) is 4.74 Å². The van der Waals surface area contributed by atoms with Crippen LogP contribution in [0.15, 0.2) is 0 Å². The largest absolute Gasteiger partial charge is 0.377 e. The zero-order valence-corrected chi connectivity index (χ0v) is 14.2. The number of rotatable bonds is 7. The van der Waals surface area contributed by atoms with Crippen molar-refractivity contribution in [1.82, 2.24) is 9.62 Å². The lowest BCUT2D eigenvalue weighted by atomic mass is 9.91. The van der Waals surface area contributed by atoms with Gasteiger partial charge >= 0.3 is 0 Å². The second-order valence-electron chi connectivity index (χ2n) is 6.39. The topological polar surface area (TPSA) is 58.6 Å². The third kappa shape index (κ3) is 4.91. The van der Waals surface area contributed by atoms with Crippen LogP contribution in [0.4, 0.5) is 0 Å². The van der Waals surface area contributed by atoms with Crippen LogP contribution in [0.3, 0.4) is 0 Å². The minimum atomic E-state index is -3.14. The zero-order chi connectivity index (χ0) is 15.3. The van der Waals surface area contributed by atoms with E-state index < -0.39 is 10.0 Å². The third-order valence-corrected chi connectivity index (χ3v) is 6.68. The van der Waals surface area contributed by atoms with Crippen molar-refractivity contribution in [2.45, 2.75) is 58.1 Å². The maximum absolute atomic E-state index is 12.4. The van der Waals surface area contributed by atoms with Crippen molar-refractivity contribution in [2.75, 3.05) is 32.0 Å². The van der Waals surface area contributed by atoms with E-state index in [0.717, 1.165) is 38.6 Å². The summed E-state index contributed by atoms with van der Waals surface area (Å²) >= 11 is 0. The van der Waals surface area contributed by atoms with Gasteiger partial charge in [-0.05, 0) is 51.5 Å². The number of nitrogens with one attached hydrogen (secondary N) is 1. The van der Waals surface area contributed by atoms with E-state index in [1.807, 2.05) is 0 Å². The molecule has 0 spiro atoms. The lowest BCUT2D eigenvalue weighted by molar-refractivity contribution is 0.125. The summed E-state index contributed by atoms with van der Waals surface area (Å²) in [5.74, 6) is 0.757. The van der Waals surface area contributed by atoms with Crippen LogP contribution in [-0.4, -0.2) is 56.9 Å². The van der Waals surface area contributed by atoms with Crippen molar-refractivity contribution >= 4 is 10.0 Å². The summed E-state index contributed by atoms with van der Waals surface area (Å²) in [4.78, 5) is 0. The SMILES string of the molecule is CCCNC(C)C1CCN(S(=O)(=O)CC2CCCO2)CC1. The standard InChI is InChI=1S/C15H30N2O3S/c1-3-8-16-13(2)14-6-9-17(10-7-14)21(18,19)12-15-5-4-11-20-15/h13-16H,3-12H2,1-2H3. The molecule has 2 fully saturated rings. The molecular formula is C15H30N2O3S. The van der Waals surface area contributed by atoms with Crippen LogP contribution in [-0.2, 0) is 14.8 Å². The first-order valence-electron chi connectivity index (χ1n) is 8.35. The second-order valence-corrected chi connectivity index (χ2v) is 8.41. The van der Waals surface area contributed by atoms with Gasteiger partial charge in [0.25, 0.3) is 0 Å². The lowest BCUT2D eigenvalue weighted by Gasteiger charge is -2.35. The van der Waals surface area contributed by atoms with Crippen LogP contribution in [0.2, 0.25) is 0 Å². The molecule has 0 aromatic heterocycles. The van der Waals surface area contributed by atoms with Crippen LogP contribution < -0.4 is 5.32 Å². The van der Waals surface area contributed by atoms with Gasteiger partial charge in [0, 0.05) is 25.7 Å². The highest BCUT2D eigenvalue weighted by Crippen LogP contribution is 2.24. The molecule has 2 aliphatic heterocycles. The molecule has 5 nitrogen and oxygen atoms in total. The van der Waals surface area contributed by atoms with Gasteiger partial charge in [0.15, 0.2) is 0 Å². The number of nitrogens with zero attached hydrogens (tertiary/aromatic N) is 1. The predicted octanol–water partition coefficient (Wildman–Crippen LogP) is 1.60. The Balaban J connectivity index is 1.79. The van der Waals surface area contributed by atoms with Gasteiger partial charge in [0.05, 0.1) is 11.9 Å². The molecule has 6 heteroatoms. The molecule has 2 atom stereocenters. The Kier molecular flexibility index (Phi) is 6.47. The summed E-state index contributed by atoms with van der Waals surface area (Å²) in [5, 5.41) is 3.53. The highest BCUT2D eigenvalue weighted by molar-refractivity contribution is 7.89. The zero-order valence-electron chi connectivity index (χ0n) is 13.4. The molecule has 0 aliphatic carbocycles. The van der Waals surface area contributed by atoms with Gasteiger partial charge in [-0.1, -0.05) is 6.92 Å². The van der Waals surface area contributed by atoms with Gasteiger partial charge in [-0.25, -0.2) is 12.7 Å². The van der Waals surface area contributed by atoms with Crippen LogP contribution in [0.1, 0.15) is 46.0 Å². The summed E-state index contributed by atoms with van der Waals surface area (Å²) in [6.07, 6.45) is 4.85. The van der Waals surface area contributed by atoms with Crippen molar-refractivity contribution in [3.8, 4) is 0 Å². The number of sulfonamides is 1. The maximum atomic E-state index is 12.4. The molecule has 0 bridgehead atoms. The molecule has 0 amide bonds. The minimum absolute atomic E-state index is 0.0853. The van der Waals surface area contributed by atoms with Crippen molar-refractivity contribution in [3.05, 3.63) is 0 Å². The van der Waals surface area contributed by atoms with Gasteiger partial charge in [0.1, 0.15) is 0 Å². The van der Waals surface area contributed by atoms with Crippen LogP contribution in [0.25, 0.3) is 0 Å². The van der Waals surface area contributed by atoms with Gasteiger partial charge in [0.2, 0.25) is 10.0 Å². The molecule has 0 saturated carbocycles. The molecule has 2 heterocycles. The van der Waals surface area contributed by atoms with Gasteiger partial charge in [-0.3, -0.25) is 0 Å². The average molecular weight is 318 g/mol. The molecule has 21 heavy (non-hydrogen) atoms. The van der Waals surface area contributed by atoms with Crippen molar-refractivity contribution in [1.29, 1.82) is 0 Å². The Morgan fingerprint density at radius 3 is 2.57 bits per heavy atom. The Morgan fingerprint density at radius 1 is 1.29 bits per heavy atom. The van der Waals surface area contributed by atoms with Crippen molar-refractivity contribution in [2.24, 2.45) is 5.92 Å². The van der Waals surface area contributed by atoms with Gasteiger partial charge < -0.3 is 10.1 Å². The van der Waals surface area contributed by atoms with E-state index in [-0.39, 0.29) is 11.9 Å². The number of piperidine rings is 1. The van der Waals surface area contributed by atoms with E-state index in [1.54, 1.807) is 4.31 Å². The van der Waals surface area contributed by atoms with E-state index in [1.165, 1.54) is 0 Å². The highest BCUT2D eigenvalue weighted by Gasteiger charge is 2.32. The Hall–Kier alpha value is -0.170. The molecular weight excluding hydrogens is 288 g/mol. The van der Waals surface area contributed by atoms with Crippen molar-refractivity contribution < 1.29 is 13.2 Å². The van der Waals surface area contributed by atoms with Crippen molar-refractivity contribution in [3.63, 3.8) is 0 Å². The van der Waals surface area contributed by atoms with Crippen LogP contribution >= 0.6 is 0 Å². The van der Waals surface area contributed by atoms with Crippen LogP contribution in [0, 0.1) is 5.92 Å². The summed E-state index contributed by atoms with van der Waals surface area (Å²) in [6.45, 7) is 7.47. The van der Waals surface area contributed by atoms with Gasteiger partial charge in [-0.2, -0.15) is 0 Å². The fourth-order valence-corrected chi connectivity index (χ4v) is 5.02. The van der Waals surface area contributed by atoms with E-state index >= 15 is 0 Å². The monoisotopic (exact) mass is 318 g/mol.